The summed E-state index contributed by atoms with van der Waals surface area (Å²) in [5.74, 6) is 5.41. The minimum Gasteiger partial charge on any atom is -0.482 e. The maximum absolute atomic E-state index is 7.32. The average molecular weight is 597 g/mol. The van der Waals surface area contributed by atoms with E-state index in [4.69, 9.17) is 9.47 Å². The molecule has 212 valence electrons. The summed E-state index contributed by atoms with van der Waals surface area (Å²) in [6.07, 6.45) is 4.45. The molecule has 0 N–H and O–H groups in total. The van der Waals surface area contributed by atoms with Gasteiger partial charge in [-0.2, -0.15) is 0 Å². The Labute approximate surface area is 256 Å². The maximum Gasteiger partial charge on any atom is 0.146 e. The Morgan fingerprint density at radius 2 is 1.02 bits per heavy atom. The second-order valence-electron chi connectivity index (χ2n) is 11.9. The fraction of sp³-hybridized carbons (Fsp3) is 0.179. The predicted molar refractivity (Wildman–Crippen MR) is 183 cm³/mol. The fourth-order valence-electron chi connectivity index (χ4n) is 7.27. The minimum atomic E-state index is -0.290. The molecule has 8 rings (SSSR count). The summed E-state index contributed by atoms with van der Waals surface area (Å²) in [4.78, 5) is 0. The lowest BCUT2D eigenvalue weighted by Gasteiger charge is -2.36. The average Bonchev–Trinajstić information content (AvgIpc) is 3.86. The van der Waals surface area contributed by atoms with Gasteiger partial charge in [-0.15, -0.1) is 0 Å². The van der Waals surface area contributed by atoms with Gasteiger partial charge in [0.2, 0.25) is 0 Å². The summed E-state index contributed by atoms with van der Waals surface area (Å²) < 4.78 is 14.5. The van der Waals surface area contributed by atoms with Crippen LogP contribution in [0.1, 0.15) is 25.7 Å². The van der Waals surface area contributed by atoms with Crippen LogP contribution in [-0.2, 0) is 0 Å². The molecular formula is C39H34O2P2. The van der Waals surface area contributed by atoms with Gasteiger partial charge < -0.3 is 9.47 Å². The number of fused-ring (bicyclic) bond motifs is 2. The second-order valence-corrected chi connectivity index (χ2v) is 14.0. The summed E-state index contributed by atoms with van der Waals surface area (Å²) >= 11 is 0. The normalized spacial score (nSPS) is 21.1. The molecule has 43 heavy (non-hydrogen) atoms. The van der Waals surface area contributed by atoms with Crippen molar-refractivity contribution in [2.24, 2.45) is 5.92 Å². The Morgan fingerprint density at radius 3 is 1.53 bits per heavy atom. The number of benzene rings is 4. The lowest BCUT2D eigenvalue weighted by molar-refractivity contribution is -0.0179. The second kappa shape index (κ2) is 11.3. The number of ether oxygens (including phenoxy) is 2. The molecule has 2 aliphatic carbocycles. The first-order valence-electron chi connectivity index (χ1n) is 15.3. The van der Waals surface area contributed by atoms with Gasteiger partial charge in [-0.1, -0.05) is 138 Å². The van der Waals surface area contributed by atoms with E-state index in [1.807, 2.05) is 0 Å². The van der Waals surface area contributed by atoms with E-state index in [0.717, 1.165) is 30.2 Å². The molecule has 4 aromatic carbocycles. The monoisotopic (exact) mass is 596 g/mol. The van der Waals surface area contributed by atoms with E-state index in [2.05, 4.69) is 133 Å². The van der Waals surface area contributed by atoms with Gasteiger partial charge in [-0.3, -0.25) is 0 Å². The highest BCUT2D eigenvalue weighted by Crippen LogP contribution is 2.57. The van der Waals surface area contributed by atoms with E-state index in [9.17, 15) is 0 Å². The van der Waals surface area contributed by atoms with Gasteiger partial charge in [0.25, 0.3) is 0 Å². The third-order valence-corrected chi connectivity index (χ3v) is 11.4. The zero-order valence-corrected chi connectivity index (χ0v) is 26.0. The largest absolute Gasteiger partial charge is 0.482 e. The Hall–Kier alpha value is -3.96. The highest BCUT2D eigenvalue weighted by atomic mass is 31.0. The van der Waals surface area contributed by atoms with Crippen molar-refractivity contribution >= 4 is 16.4 Å². The van der Waals surface area contributed by atoms with Crippen LogP contribution >= 0.6 is 16.4 Å². The van der Waals surface area contributed by atoms with Gasteiger partial charge in [-0.05, 0) is 76.6 Å². The lowest BCUT2D eigenvalue weighted by atomic mass is 9.93. The van der Waals surface area contributed by atoms with Crippen LogP contribution in [-0.4, -0.2) is 11.7 Å². The first-order valence-corrected chi connectivity index (χ1v) is 17.4. The van der Waals surface area contributed by atoms with Crippen molar-refractivity contribution < 1.29 is 9.47 Å². The van der Waals surface area contributed by atoms with Crippen molar-refractivity contribution in [2.45, 2.75) is 37.4 Å². The molecule has 2 heterocycles. The van der Waals surface area contributed by atoms with Gasteiger partial charge in [0.05, 0.1) is 0 Å². The highest BCUT2D eigenvalue weighted by molar-refractivity contribution is 7.33. The van der Waals surface area contributed by atoms with E-state index in [1.54, 1.807) is 0 Å². The molecule has 2 saturated carbocycles. The number of hydrogen-bond donors (Lipinski definition) is 0. The first kappa shape index (κ1) is 26.7. The molecule has 2 bridgehead atoms. The number of rotatable bonds is 8. The quantitative estimate of drug-likeness (QED) is 0.174. The van der Waals surface area contributed by atoms with E-state index >= 15 is 0 Å². The van der Waals surface area contributed by atoms with Crippen molar-refractivity contribution in [1.29, 1.82) is 0 Å². The molecule has 5 atom stereocenters. The molecule has 0 radical (unpaired) electrons. The molecule has 5 unspecified atom stereocenters. The van der Waals surface area contributed by atoms with E-state index in [-0.39, 0.29) is 11.7 Å². The van der Waals surface area contributed by atoms with E-state index < -0.39 is 0 Å². The van der Waals surface area contributed by atoms with Crippen LogP contribution in [0.4, 0.5) is 0 Å². The molecule has 0 saturated heterocycles. The van der Waals surface area contributed by atoms with Crippen LogP contribution in [0.15, 0.2) is 133 Å². The van der Waals surface area contributed by atoms with Crippen LogP contribution in [0.25, 0.3) is 44.5 Å². The summed E-state index contributed by atoms with van der Waals surface area (Å²) in [5, 5.41) is 0. The molecule has 2 nitrogen and oxygen atoms in total. The third-order valence-electron chi connectivity index (χ3n) is 9.29. The van der Waals surface area contributed by atoms with E-state index in [0.29, 0.717) is 22.3 Å². The smallest absolute Gasteiger partial charge is 0.146 e. The van der Waals surface area contributed by atoms with Crippen LogP contribution in [0.3, 0.4) is 0 Å². The van der Waals surface area contributed by atoms with Gasteiger partial charge in [0, 0.05) is 11.1 Å². The molecule has 0 amide bonds. The van der Waals surface area contributed by atoms with Crippen molar-refractivity contribution in [3.8, 4) is 55.5 Å². The third kappa shape index (κ3) is 4.94. The summed E-state index contributed by atoms with van der Waals surface area (Å²) in [6.45, 7) is 0. The Bertz CT molecular complexity index is 1830. The van der Waals surface area contributed by atoms with Crippen LogP contribution in [0.2, 0.25) is 0 Å². The van der Waals surface area contributed by atoms with Crippen LogP contribution in [0, 0.1) is 5.92 Å². The van der Waals surface area contributed by atoms with Crippen molar-refractivity contribution in [2.75, 3.05) is 0 Å². The minimum absolute atomic E-state index is 0.0473. The van der Waals surface area contributed by atoms with Gasteiger partial charge in [0.1, 0.15) is 22.7 Å². The molecule has 6 aromatic rings. The van der Waals surface area contributed by atoms with Crippen molar-refractivity contribution in [3.05, 3.63) is 133 Å². The molecular weight excluding hydrogens is 562 g/mol. The molecule has 0 spiro atoms. The van der Waals surface area contributed by atoms with Gasteiger partial charge >= 0.3 is 0 Å². The lowest BCUT2D eigenvalue weighted by Crippen LogP contribution is -2.46. The fourth-order valence-corrected chi connectivity index (χ4v) is 9.76. The zero-order chi connectivity index (χ0) is 28.6. The molecule has 4 heteroatoms. The van der Waals surface area contributed by atoms with Crippen LogP contribution < -0.4 is 9.47 Å². The maximum atomic E-state index is 7.32. The summed E-state index contributed by atoms with van der Waals surface area (Å²) in [6, 6.07) is 43.1. The zero-order valence-electron chi connectivity index (χ0n) is 24.0. The molecule has 0 aliphatic heterocycles. The molecule has 2 aliphatic rings. The molecule has 2 aromatic heterocycles. The first-order chi connectivity index (χ1) is 21.3. The highest BCUT2D eigenvalue weighted by Gasteiger charge is 2.56. The SMILES string of the molecule is c1ccc(-c2c[pH]c(OC3CC4CCC3(Oc3[pH]cc(-c5ccccc5)c3-c3ccccc3)C4)c2-c2ccccc2)cc1. The standard InChI is InChI=1S/C39H34O2P2/c1-5-13-28(14-6-1)32-25-42-37(35(32)30-17-9-3-10-18-30)40-34-23-27-21-22-39(34,24-27)41-38-36(31-19-11-4-12-20-31)33(26-43-38)29-15-7-2-8-16-29/h1-20,25-27,34,42-43H,21-24H2. The summed E-state index contributed by atoms with van der Waals surface area (Å²) in [7, 11) is 1.02. The molecule has 2 fully saturated rings. The predicted octanol–water partition coefficient (Wildman–Crippen LogP) is 11.2. The van der Waals surface area contributed by atoms with Crippen LogP contribution in [0.5, 0.6) is 11.0 Å². The number of hydrogen-bond acceptors (Lipinski definition) is 2. The van der Waals surface area contributed by atoms with E-state index in [1.165, 1.54) is 50.9 Å². The topological polar surface area (TPSA) is 18.5 Å². The van der Waals surface area contributed by atoms with Crippen molar-refractivity contribution in [1.82, 2.24) is 0 Å². The Morgan fingerprint density at radius 1 is 0.558 bits per heavy atom. The van der Waals surface area contributed by atoms with Gasteiger partial charge in [0.15, 0.2) is 0 Å². The summed E-state index contributed by atoms with van der Waals surface area (Å²) in [5.41, 5.74) is 11.9. The Kier molecular flexibility index (Phi) is 6.99. The van der Waals surface area contributed by atoms with Gasteiger partial charge in [-0.25, -0.2) is 0 Å². The van der Waals surface area contributed by atoms with Crippen molar-refractivity contribution in [3.63, 3.8) is 0 Å². The Balaban J connectivity index is 1.17.